The van der Waals surface area contributed by atoms with Gasteiger partial charge in [0.1, 0.15) is 12.7 Å². The van der Waals surface area contributed by atoms with E-state index in [9.17, 15) is 17.9 Å². The van der Waals surface area contributed by atoms with E-state index in [0.29, 0.717) is 18.0 Å². The van der Waals surface area contributed by atoms with Crippen LogP contribution in [0.5, 0.6) is 5.75 Å². The third-order valence-electron chi connectivity index (χ3n) is 4.74. The van der Waals surface area contributed by atoms with E-state index in [-0.39, 0.29) is 36.4 Å². The Morgan fingerprint density at radius 2 is 1.93 bits per heavy atom. The van der Waals surface area contributed by atoms with Gasteiger partial charge in [0.05, 0.1) is 11.5 Å². The molecule has 0 saturated carbocycles. The molecule has 2 aromatic rings. The minimum atomic E-state index is -3.06. The molecule has 0 amide bonds. The molecule has 0 bridgehead atoms. The number of hydrogen-bond acceptors (Lipinski definition) is 5. The van der Waals surface area contributed by atoms with E-state index >= 15 is 0 Å². The van der Waals surface area contributed by atoms with Gasteiger partial charge in [0, 0.05) is 24.2 Å². The molecule has 1 aliphatic heterocycles. The van der Waals surface area contributed by atoms with Crippen molar-refractivity contribution in [1.29, 1.82) is 0 Å². The molecule has 0 spiro atoms. The number of sulfone groups is 1. The van der Waals surface area contributed by atoms with Gasteiger partial charge in [-0.1, -0.05) is 35.9 Å². The van der Waals surface area contributed by atoms with Crippen LogP contribution in [0.3, 0.4) is 0 Å². The first-order valence-electron chi connectivity index (χ1n) is 9.07. The third kappa shape index (κ3) is 5.91. The van der Waals surface area contributed by atoms with Gasteiger partial charge in [0.25, 0.3) is 0 Å². The molecule has 1 saturated heterocycles. The van der Waals surface area contributed by atoms with Crippen molar-refractivity contribution in [3.63, 3.8) is 0 Å². The van der Waals surface area contributed by atoms with Gasteiger partial charge in [-0.15, -0.1) is 0 Å². The van der Waals surface area contributed by atoms with Crippen LogP contribution in [0.25, 0.3) is 0 Å². The Kier molecular flexibility index (Phi) is 6.93. The molecule has 0 aliphatic carbocycles. The second-order valence-electron chi connectivity index (χ2n) is 7.01. The first kappa shape index (κ1) is 21.0. The summed E-state index contributed by atoms with van der Waals surface area (Å²) < 4.78 is 42.8. The van der Waals surface area contributed by atoms with E-state index in [1.54, 1.807) is 24.3 Å². The first-order chi connectivity index (χ1) is 13.3. The van der Waals surface area contributed by atoms with Crippen molar-refractivity contribution in [3.8, 4) is 5.75 Å². The van der Waals surface area contributed by atoms with Crippen LogP contribution in [-0.2, 0) is 16.4 Å². The zero-order valence-electron chi connectivity index (χ0n) is 15.3. The van der Waals surface area contributed by atoms with Crippen LogP contribution in [0.2, 0.25) is 5.02 Å². The molecule has 2 atom stereocenters. The molecule has 1 aliphatic rings. The van der Waals surface area contributed by atoms with E-state index in [1.807, 2.05) is 17.0 Å². The van der Waals surface area contributed by atoms with E-state index in [1.165, 1.54) is 12.1 Å². The first-order valence-corrected chi connectivity index (χ1v) is 11.3. The number of aliphatic hydroxyl groups excluding tert-OH is 1. The lowest BCUT2D eigenvalue weighted by atomic mass is 10.1. The van der Waals surface area contributed by atoms with Crippen LogP contribution >= 0.6 is 11.6 Å². The molecule has 1 heterocycles. The van der Waals surface area contributed by atoms with Crippen LogP contribution in [0.4, 0.5) is 4.39 Å². The number of benzene rings is 2. The van der Waals surface area contributed by atoms with Gasteiger partial charge in [-0.25, -0.2) is 12.8 Å². The number of para-hydroxylation sites is 1. The van der Waals surface area contributed by atoms with Crippen LogP contribution in [0.15, 0.2) is 48.5 Å². The SMILES string of the molecule is O=S1(=O)CCC(N(Cc2ccc(Cl)cc2)CC(O)COc2ccccc2F)C1. The maximum atomic E-state index is 13.7. The zero-order valence-corrected chi connectivity index (χ0v) is 16.9. The second-order valence-corrected chi connectivity index (χ2v) is 9.67. The van der Waals surface area contributed by atoms with Gasteiger partial charge in [-0.05, 0) is 36.2 Å². The molecule has 3 rings (SSSR count). The van der Waals surface area contributed by atoms with Crippen molar-refractivity contribution < 1.29 is 22.7 Å². The molecule has 8 heteroatoms. The maximum Gasteiger partial charge on any atom is 0.165 e. The minimum absolute atomic E-state index is 0.0709. The van der Waals surface area contributed by atoms with Gasteiger partial charge in [-0.3, -0.25) is 4.90 Å². The maximum absolute atomic E-state index is 13.7. The topological polar surface area (TPSA) is 66.8 Å². The third-order valence-corrected chi connectivity index (χ3v) is 6.74. The molecule has 152 valence electrons. The Bertz CT molecular complexity index is 891. The molecule has 0 radical (unpaired) electrons. The fraction of sp³-hybridized carbons (Fsp3) is 0.400. The average Bonchev–Trinajstić information content (AvgIpc) is 3.02. The fourth-order valence-corrected chi connectivity index (χ4v) is 5.19. The average molecular weight is 428 g/mol. The summed E-state index contributed by atoms with van der Waals surface area (Å²) >= 11 is 5.93. The van der Waals surface area contributed by atoms with Gasteiger partial charge in [0.15, 0.2) is 21.4 Å². The Morgan fingerprint density at radius 3 is 2.57 bits per heavy atom. The van der Waals surface area contributed by atoms with Gasteiger partial charge in [-0.2, -0.15) is 0 Å². The number of nitrogens with zero attached hydrogens (tertiary/aromatic N) is 1. The molecule has 0 aromatic heterocycles. The summed E-state index contributed by atoms with van der Waals surface area (Å²) in [7, 11) is -3.06. The monoisotopic (exact) mass is 427 g/mol. The van der Waals surface area contributed by atoms with E-state index in [4.69, 9.17) is 16.3 Å². The molecule has 1 fully saturated rings. The van der Waals surface area contributed by atoms with Gasteiger partial charge in [0.2, 0.25) is 0 Å². The normalized spacial score (nSPS) is 19.6. The standard InChI is InChI=1S/C20H23ClFNO4S/c21-16-7-5-15(6-8-16)11-23(17-9-10-28(25,26)14-17)12-18(24)13-27-20-4-2-1-3-19(20)22/h1-8,17-18,24H,9-14H2. The van der Waals surface area contributed by atoms with Crippen molar-refractivity contribution in [2.45, 2.75) is 25.1 Å². The summed E-state index contributed by atoms with van der Waals surface area (Å²) in [4.78, 5) is 1.95. The number of halogens is 2. The Labute approximate surface area is 169 Å². The number of ether oxygens (including phenoxy) is 1. The lowest BCUT2D eigenvalue weighted by Crippen LogP contribution is -2.42. The second kappa shape index (κ2) is 9.22. The molecular weight excluding hydrogens is 405 g/mol. The quantitative estimate of drug-likeness (QED) is 0.701. The van der Waals surface area contributed by atoms with Crippen LogP contribution in [0, 0.1) is 5.82 Å². The Balaban J connectivity index is 1.65. The molecule has 28 heavy (non-hydrogen) atoms. The lowest BCUT2D eigenvalue weighted by molar-refractivity contribution is 0.0513. The van der Waals surface area contributed by atoms with Crippen molar-refractivity contribution in [2.75, 3.05) is 24.7 Å². The van der Waals surface area contributed by atoms with E-state index < -0.39 is 21.8 Å². The summed E-state index contributed by atoms with van der Waals surface area (Å²) in [6.45, 7) is 0.614. The molecule has 2 unspecified atom stereocenters. The zero-order chi connectivity index (χ0) is 20.1. The van der Waals surface area contributed by atoms with Crippen molar-refractivity contribution >= 4 is 21.4 Å². The molecule has 2 aromatic carbocycles. The predicted octanol–water partition coefficient (Wildman–Crippen LogP) is 2.91. The fourth-order valence-electron chi connectivity index (χ4n) is 3.30. The predicted molar refractivity (Wildman–Crippen MR) is 107 cm³/mol. The number of aliphatic hydroxyl groups is 1. The highest BCUT2D eigenvalue weighted by Gasteiger charge is 2.33. The molecule has 5 nitrogen and oxygen atoms in total. The van der Waals surface area contributed by atoms with E-state index in [2.05, 4.69) is 0 Å². The summed E-state index contributed by atoms with van der Waals surface area (Å²) in [5.74, 6) is -0.193. The smallest absolute Gasteiger partial charge is 0.165 e. The van der Waals surface area contributed by atoms with Gasteiger partial charge >= 0.3 is 0 Å². The Hall–Kier alpha value is -1.67. The highest BCUT2D eigenvalue weighted by Crippen LogP contribution is 2.22. The van der Waals surface area contributed by atoms with Crippen LogP contribution in [0.1, 0.15) is 12.0 Å². The van der Waals surface area contributed by atoms with E-state index in [0.717, 1.165) is 5.56 Å². The minimum Gasteiger partial charge on any atom is -0.488 e. The largest absolute Gasteiger partial charge is 0.488 e. The van der Waals surface area contributed by atoms with Crippen LogP contribution < -0.4 is 4.74 Å². The highest BCUT2D eigenvalue weighted by atomic mass is 35.5. The summed E-state index contributed by atoms with van der Waals surface area (Å²) in [5, 5.41) is 11.0. The van der Waals surface area contributed by atoms with Gasteiger partial charge < -0.3 is 9.84 Å². The Morgan fingerprint density at radius 1 is 1.21 bits per heavy atom. The number of hydrogen-bond donors (Lipinski definition) is 1. The van der Waals surface area contributed by atoms with Crippen LogP contribution in [-0.4, -0.2) is 55.2 Å². The number of rotatable bonds is 8. The summed E-state index contributed by atoms with van der Waals surface area (Å²) in [6, 6.07) is 13.1. The van der Waals surface area contributed by atoms with Crippen molar-refractivity contribution in [1.82, 2.24) is 4.90 Å². The van der Waals surface area contributed by atoms with Crippen molar-refractivity contribution in [3.05, 3.63) is 64.9 Å². The summed E-state index contributed by atoms with van der Waals surface area (Å²) in [6.07, 6.45) is -0.369. The molecule has 1 N–H and O–H groups in total. The highest BCUT2D eigenvalue weighted by molar-refractivity contribution is 7.91. The molecular formula is C20H23ClFNO4S. The van der Waals surface area contributed by atoms with Crippen molar-refractivity contribution in [2.24, 2.45) is 0 Å². The summed E-state index contributed by atoms with van der Waals surface area (Å²) in [5.41, 5.74) is 0.968. The lowest BCUT2D eigenvalue weighted by Gasteiger charge is -2.30.